The second kappa shape index (κ2) is 64.8. The highest BCUT2D eigenvalue weighted by Gasteiger charge is 2.40. The van der Waals surface area contributed by atoms with Crippen LogP contribution < -0.4 is 5.90 Å². The number of rotatable bonds is 8. The lowest BCUT2D eigenvalue weighted by molar-refractivity contribution is -0.143. The molecule has 0 atom stereocenters. The minimum atomic E-state index is -3.07. The largest absolute Gasteiger partial charge is 0.390 e. The maximum atomic E-state index is 12.1. The molecule has 134 heavy (non-hydrogen) atoms. The first-order valence-electron chi connectivity index (χ1n) is 44.8. The number of amides is 4. The molecule has 0 aliphatic carbocycles. The molecule has 2 aliphatic rings. The monoisotopic (exact) mass is 2220 g/mol. The fourth-order valence-corrected chi connectivity index (χ4v) is 10.2. The molecule has 0 fully saturated rings. The van der Waals surface area contributed by atoms with Gasteiger partial charge in [0.25, 0.3) is 23.6 Å². The summed E-state index contributed by atoms with van der Waals surface area (Å²) in [5.41, 5.74) is 7.77. The van der Waals surface area contributed by atoms with Gasteiger partial charge in [-0.15, -0.1) is 67.1 Å². The average Bonchev–Trinajstić information content (AvgIpc) is 1.65. The SMILES string of the molecule is C#CC(C)(C)C.C=CS(=O)(=O)C(C)(C)C.CC(C)(C)/C=N/OC(C)(C)C.CC(C)(C)Br.CC(C)(C)C=O.CC(C)(C)CSC(C)(C)C.CC(C)(C)I.CC(C)(C)N1C(=O)C=CC1=O.CC(C)(C)ON.CC(C)(C)SC1=CC(=O)N(C(C)(C)C)C1=O.CC(C)(C)SCCS(=O)(=O)C(C)(C)C.CC(C)(C)c1cn(C(C)(C)C)nn1.[CH2+]C(C)(C)N=[N+]=[N-].[CH2+]C(C)(C)S.[CH2+]C(C)(C)S.[CH2+]C(C)(C)S. The molecule has 31 heteroatoms. The Morgan fingerprint density at radius 2 is 0.858 bits per heavy atom. The van der Waals surface area contributed by atoms with Crippen molar-refractivity contribution >= 4 is 167 Å². The molecule has 1 aromatic heterocycles. The number of oxime groups is 1. The number of thioether (sulfide) groups is 3. The highest BCUT2D eigenvalue weighted by molar-refractivity contribution is 14.1. The van der Waals surface area contributed by atoms with Crippen LogP contribution in [0.3, 0.4) is 0 Å². The van der Waals surface area contributed by atoms with Crippen LogP contribution in [0, 0.1) is 61.7 Å². The zero-order chi connectivity index (χ0) is 113. The predicted octanol–water partition coefficient (Wildman–Crippen LogP) is 30.6. The van der Waals surface area contributed by atoms with E-state index in [1.54, 1.807) is 67.2 Å². The predicted molar refractivity (Wildman–Crippen MR) is 622 cm³/mol. The summed E-state index contributed by atoms with van der Waals surface area (Å²) >= 11 is 23.0. The van der Waals surface area contributed by atoms with Gasteiger partial charge in [-0.1, -0.05) is 242 Å². The number of azide groups is 1. The number of carbonyl (C=O) groups excluding carboxylic acids is 5. The van der Waals surface area contributed by atoms with Crippen LogP contribution in [-0.4, -0.2) is 169 Å². The number of aromatic nitrogens is 3. The number of hydrogen-bond donors (Lipinski definition) is 4. The van der Waals surface area contributed by atoms with Gasteiger partial charge in [0.2, 0.25) is 0 Å². The van der Waals surface area contributed by atoms with E-state index in [4.69, 9.17) is 22.7 Å². The Labute approximate surface area is 880 Å². The van der Waals surface area contributed by atoms with Crippen molar-refractivity contribution in [2.24, 2.45) is 37.8 Å². The van der Waals surface area contributed by atoms with Crippen molar-refractivity contribution in [3.8, 4) is 12.3 Å². The summed E-state index contributed by atoms with van der Waals surface area (Å²) in [5, 5.41) is 16.5. The van der Waals surface area contributed by atoms with E-state index in [9.17, 15) is 40.8 Å². The highest BCUT2D eigenvalue weighted by atomic mass is 127. The average molecular weight is 2220 g/mol. The molecule has 0 radical (unpaired) electrons. The van der Waals surface area contributed by atoms with Crippen LogP contribution in [0.1, 0.15) is 414 Å². The van der Waals surface area contributed by atoms with Gasteiger partial charge in [-0.3, -0.25) is 33.8 Å². The molecule has 2 N–H and O–H groups in total. The smallest absolute Gasteiger partial charge is 0.267 e. The zero-order valence-corrected chi connectivity index (χ0v) is 107. The number of halogens is 2. The lowest BCUT2D eigenvalue weighted by Gasteiger charge is -2.30. The molecule has 0 spiro atoms. The summed E-state index contributed by atoms with van der Waals surface area (Å²) in [6.45, 7) is 135. The number of nitrogens with two attached hydrogens (primary N) is 1. The third kappa shape index (κ3) is 145. The summed E-state index contributed by atoms with van der Waals surface area (Å²) < 4.78 is 47.0. The van der Waals surface area contributed by atoms with Crippen molar-refractivity contribution in [1.82, 2.24) is 24.8 Å². The number of nitrogens with zero attached hydrogens (tertiary/aromatic N) is 9. The molecular weight excluding hydrogens is 2020 g/mol. The standard InChI is InChI=1S/C12H19NO2S.C10H19N3.C10H22O2S2.C9H19NO.C9H20S.C8H11NO2.C6H12O2S.C6H10.C5H10O.C4H9Br.C4H9I.C4H8N3.C4H11NO.3C4H8S/c1-11(2,3)13-9(14)7-8(10(13)15)16-12(4,5)6;1-9(2,3)8-7-13(12-11-8)10(4,5)6;1-9(2,3)13-7-8-14(11,12)10(4,5)6;1-8(2,3)7-10-11-9(4,5)6;1-8(2,3)7-10-9(4,5)6;1-8(2,3)9-6(10)4-5-7(9)11;1-5-9(7,8)6(2,3)4;1-5-6(2,3)4;1-5(2,3)4-6;2*1-4(2,3)5;1-4(2,3)6-7-5;1-4(2,3)6-5;3*1-4(2,3)5/h7H,1-6H3;7H,1-6H3;7-8H2,1-6H3;7H,1-6H3;7H2,1-6H3;4-5H,1-3H3;5H,1H2,2-4H3;1H,2-4H3;4H,1-3H3;2*1-3H3;1H2,2-3H3;5H2,1-3H3;3*1H2,2-3H3/q;;;;;;;;;;;+1;;;;/p+3/b;;;10-7+;;;;;;;;;;;;. The summed E-state index contributed by atoms with van der Waals surface area (Å²) in [5.74, 6) is 8.80. The summed E-state index contributed by atoms with van der Waals surface area (Å²) in [4.78, 5) is 71.0. The first-order chi connectivity index (χ1) is 57.1. The van der Waals surface area contributed by atoms with Gasteiger partial charge >= 0.3 is 0 Å². The molecule has 792 valence electrons. The zero-order valence-electron chi connectivity index (χ0n) is 96.5. The molecule has 3 heterocycles. The van der Waals surface area contributed by atoms with Crippen LogP contribution in [-0.2, 0) is 64.3 Å². The van der Waals surface area contributed by atoms with Gasteiger partial charge in [0.05, 0.1) is 64.7 Å². The molecule has 2 aliphatic heterocycles. The third-order valence-electron chi connectivity index (χ3n) is 11.5. The third-order valence-corrected chi connectivity index (χ3v) is 20.7. The summed E-state index contributed by atoms with van der Waals surface area (Å²) in [6.07, 6.45) is 13.9. The minimum absolute atomic E-state index is 0.0243. The van der Waals surface area contributed by atoms with Gasteiger partial charge in [-0.05, 0) is 243 Å². The van der Waals surface area contributed by atoms with Crippen molar-refractivity contribution < 1.29 is 50.5 Å². The van der Waals surface area contributed by atoms with Crippen LogP contribution in [0.5, 0.6) is 0 Å². The van der Waals surface area contributed by atoms with Crippen molar-refractivity contribution in [2.75, 3.05) is 17.3 Å². The quantitative estimate of drug-likeness (QED) is 0.0153. The molecule has 0 saturated heterocycles. The normalized spacial score (nSPS) is 13.8. The number of carbonyl (C=O) groups is 5. The second-order valence-electron chi connectivity index (χ2n) is 51.5. The number of imide groups is 2. The summed E-state index contributed by atoms with van der Waals surface area (Å²) in [6, 6.07) is 0. The Kier molecular flexibility index (Phi) is 77.0. The van der Waals surface area contributed by atoms with E-state index < -0.39 is 45.8 Å². The lowest BCUT2D eigenvalue weighted by atomic mass is 9.93. The van der Waals surface area contributed by atoms with Crippen LogP contribution in [0.4, 0.5) is 0 Å². The Morgan fingerprint density at radius 1 is 0.552 bits per heavy atom. The van der Waals surface area contributed by atoms with Crippen LogP contribution in [0.15, 0.2) is 51.6 Å². The van der Waals surface area contributed by atoms with Crippen molar-refractivity contribution in [3.05, 3.63) is 85.1 Å². The van der Waals surface area contributed by atoms with E-state index in [1.165, 1.54) is 45.5 Å². The topological polar surface area (TPSA) is 296 Å². The van der Waals surface area contributed by atoms with Crippen LogP contribution in [0.2, 0.25) is 0 Å². The molecule has 1 aromatic rings. The maximum Gasteiger partial charge on any atom is 0.267 e. The number of hydrogen-bond acceptors (Lipinski definition) is 22. The van der Waals surface area contributed by atoms with E-state index in [-0.39, 0.29) is 91.5 Å². The Bertz CT molecular complexity index is 3690. The first-order valence-corrected chi connectivity index (χ1v) is 54.0. The van der Waals surface area contributed by atoms with Gasteiger partial charge in [0, 0.05) is 101 Å². The van der Waals surface area contributed by atoms with Crippen molar-refractivity contribution in [3.63, 3.8) is 0 Å². The van der Waals surface area contributed by atoms with E-state index in [2.05, 4.69) is 313 Å². The maximum absolute atomic E-state index is 12.1. The molecule has 3 rings (SSSR count). The molecule has 0 unspecified atom stereocenters. The fourth-order valence-electron chi connectivity index (χ4n) is 5.39. The van der Waals surface area contributed by atoms with Crippen LogP contribution >= 0.6 is 112 Å². The van der Waals surface area contributed by atoms with Crippen LogP contribution in [0.25, 0.3) is 10.4 Å². The number of alkyl halides is 2. The van der Waals surface area contributed by atoms with Gasteiger partial charge in [0.1, 0.15) is 26.1 Å². The number of aldehydes is 1. The molecule has 4 amide bonds. The van der Waals surface area contributed by atoms with E-state index in [0.717, 1.165) is 17.4 Å². The Hall–Kier alpha value is -2.74. The molecule has 0 aromatic carbocycles. The van der Waals surface area contributed by atoms with E-state index in [1.807, 2.05) is 216 Å². The Balaban J connectivity index is -0.000000108. The van der Waals surface area contributed by atoms with Crippen molar-refractivity contribution in [1.29, 1.82) is 0 Å². The minimum Gasteiger partial charge on any atom is -0.390 e. The van der Waals surface area contributed by atoms with Gasteiger partial charge in [-0.2, -0.15) is 23.5 Å². The van der Waals surface area contributed by atoms with Crippen molar-refractivity contribution in [2.45, 2.75) is 493 Å². The van der Waals surface area contributed by atoms with E-state index in [0.29, 0.717) is 28.6 Å². The molecular formula is C103H206BrIN10O11S8+4. The second-order valence-corrected chi connectivity index (χ2v) is 71.9. The number of sulfone groups is 2. The van der Waals surface area contributed by atoms with E-state index >= 15 is 0 Å². The summed E-state index contributed by atoms with van der Waals surface area (Å²) in [7, 11) is -6.01. The molecule has 0 bridgehead atoms. The van der Waals surface area contributed by atoms with Gasteiger partial charge in [-0.25, -0.2) is 27.4 Å². The lowest BCUT2D eigenvalue weighted by Crippen LogP contribution is -2.45. The number of thiol groups is 3. The molecule has 0 saturated carbocycles. The number of terminal acetylenes is 1. The molecule has 21 nitrogen and oxygen atoms in total. The van der Waals surface area contributed by atoms with Gasteiger partial charge in [0.15, 0.2) is 25.2 Å². The first kappa shape index (κ1) is 159. The van der Waals surface area contributed by atoms with Gasteiger partial charge < -0.3 is 9.63 Å². The Morgan fingerprint density at radius 3 is 0.993 bits per heavy atom. The highest BCUT2D eigenvalue weighted by Crippen LogP contribution is 2.37. The fraction of sp³-hybridized carbons (Fsp3) is 0.806.